The van der Waals surface area contributed by atoms with Gasteiger partial charge in [-0.3, -0.25) is 9.59 Å². The number of nitrogens with one attached hydrogen (secondary N) is 1. The van der Waals surface area contributed by atoms with E-state index in [2.05, 4.69) is 5.32 Å². The van der Waals surface area contributed by atoms with Gasteiger partial charge in [0.2, 0.25) is 0 Å². The summed E-state index contributed by atoms with van der Waals surface area (Å²) in [6.07, 6.45) is 0. The van der Waals surface area contributed by atoms with E-state index >= 15 is 0 Å². The second-order valence-electron chi connectivity index (χ2n) is 5.64. The summed E-state index contributed by atoms with van der Waals surface area (Å²) in [5.41, 5.74) is 1.09. The van der Waals surface area contributed by atoms with Crippen LogP contribution in [0.5, 0.6) is 11.5 Å². The summed E-state index contributed by atoms with van der Waals surface area (Å²) in [4.78, 5) is 26.3. The average molecular weight is 387 g/mol. The molecular weight excluding hydrogens is 368 g/mol. The molecule has 1 N–H and O–H groups in total. The van der Waals surface area contributed by atoms with Gasteiger partial charge in [0.15, 0.2) is 0 Å². The van der Waals surface area contributed by atoms with Crippen molar-refractivity contribution in [3.63, 3.8) is 0 Å². The molecular formula is C20H19ClN2O4. The highest BCUT2D eigenvalue weighted by molar-refractivity contribution is 6.53. The molecule has 140 valence electrons. The van der Waals surface area contributed by atoms with Crippen LogP contribution in [-0.4, -0.2) is 25.0 Å². The third-order valence-electron chi connectivity index (χ3n) is 3.87. The standard InChI is InChI=1S/C20H19ClN2O4/c1-3-26-15-9-5-13(6-10-15)22-18-17(21)19(24)23(20(18)25)14-7-11-16(12-8-14)27-4-2/h5-12,22H,3-4H2,1-2H3. The van der Waals surface area contributed by atoms with Crippen LogP contribution in [0.3, 0.4) is 0 Å². The molecule has 0 aliphatic carbocycles. The van der Waals surface area contributed by atoms with Crippen LogP contribution in [0.15, 0.2) is 59.3 Å². The molecule has 0 saturated heterocycles. The molecule has 1 aliphatic heterocycles. The SMILES string of the molecule is CCOc1ccc(NC2=C(Cl)C(=O)N(c3ccc(OCC)cc3)C2=O)cc1. The van der Waals surface area contributed by atoms with Crippen molar-refractivity contribution < 1.29 is 19.1 Å². The van der Waals surface area contributed by atoms with E-state index in [0.29, 0.717) is 36.1 Å². The number of benzene rings is 2. The van der Waals surface area contributed by atoms with Gasteiger partial charge in [-0.2, -0.15) is 0 Å². The molecule has 0 radical (unpaired) electrons. The van der Waals surface area contributed by atoms with Crippen LogP contribution in [0.1, 0.15) is 13.8 Å². The molecule has 7 heteroatoms. The molecule has 6 nitrogen and oxygen atoms in total. The number of halogens is 1. The van der Waals surface area contributed by atoms with Gasteiger partial charge in [0.25, 0.3) is 11.8 Å². The van der Waals surface area contributed by atoms with E-state index in [1.54, 1.807) is 48.5 Å². The van der Waals surface area contributed by atoms with Crippen LogP contribution in [0.2, 0.25) is 0 Å². The molecule has 27 heavy (non-hydrogen) atoms. The highest BCUT2D eigenvalue weighted by Gasteiger charge is 2.38. The number of nitrogens with zero attached hydrogens (tertiary/aromatic N) is 1. The summed E-state index contributed by atoms with van der Waals surface area (Å²) in [7, 11) is 0. The van der Waals surface area contributed by atoms with Gasteiger partial charge in [0, 0.05) is 5.69 Å². The van der Waals surface area contributed by atoms with Gasteiger partial charge < -0.3 is 14.8 Å². The molecule has 0 saturated carbocycles. The zero-order valence-electron chi connectivity index (χ0n) is 15.0. The molecule has 0 atom stereocenters. The van der Waals surface area contributed by atoms with E-state index in [-0.39, 0.29) is 10.7 Å². The predicted octanol–water partition coefficient (Wildman–Crippen LogP) is 3.92. The summed E-state index contributed by atoms with van der Waals surface area (Å²) in [6.45, 7) is 4.87. The number of hydrogen-bond donors (Lipinski definition) is 1. The summed E-state index contributed by atoms with van der Waals surface area (Å²) >= 11 is 6.14. The summed E-state index contributed by atoms with van der Waals surface area (Å²) in [5, 5.41) is 2.78. The largest absolute Gasteiger partial charge is 0.494 e. The second kappa shape index (κ2) is 8.14. The molecule has 0 fully saturated rings. The number of rotatable bonds is 7. The van der Waals surface area contributed by atoms with E-state index in [9.17, 15) is 9.59 Å². The minimum atomic E-state index is -0.570. The molecule has 0 aromatic heterocycles. The Labute approximate surface area is 162 Å². The fourth-order valence-corrected chi connectivity index (χ4v) is 2.86. The first-order chi connectivity index (χ1) is 13.0. The van der Waals surface area contributed by atoms with Crippen molar-refractivity contribution >= 4 is 34.8 Å². The van der Waals surface area contributed by atoms with Gasteiger partial charge in [-0.1, -0.05) is 11.6 Å². The summed E-state index contributed by atoms with van der Waals surface area (Å²) in [5.74, 6) is 0.294. The lowest BCUT2D eigenvalue weighted by Gasteiger charge is -2.15. The molecule has 0 unspecified atom stereocenters. The maximum absolute atomic E-state index is 12.8. The molecule has 1 heterocycles. The van der Waals surface area contributed by atoms with Gasteiger partial charge in [-0.15, -0.1) is 0 Å². The van der Waals surface area contributed by atoms with Gasteiger partial charge in [0.1, 0.15) is 22.2 Å². The second-order valence-corrected chi connectivity index (χ2v) is 6.02. The molecule has 0 bridgehead atoms. The zero-order chi connectivity index (χ0) is 19.4. The Bertz CT molecular complexity index is 876. The fourth-order valence-electron chi connectivity index (χ4n) is 2.65. The molecule has 2 aromatic rings. The van der Waals surface area contributed by atoms with Gasteiger partial charge in [-0.05, 0) is 62.4 Å². The number of ether oxygens (including phenoxy) is 2. The van der Waals surface area contributed by atoms with Crippen molar-refractivity contribution in [3.8, 4) is 11.5 Å². The molecule has 2 amide bonds. The van der Waals surface area contributed by atoms with Crippen LogP contribution in [-0.2, 0) is 9.59 Å². The van der Waals surface area contributed by atoms with Gasteiger partial charge in [0.05, 0.1) is 18.9 Å². The van der Waals surface area contributed by atoms with Gasteiger partial charge >= 0.3 is 0 Å². The lowest BCUT2D eigenvalue weighted by Crippen LogP contribution is -2.32. The average Bonchev–Trinajstić information content (AvgIpc) is 2.88. The Morgan fingerprint density at radius 1 is 0.852 bits per heavy atom. The van der Waals surface area contributed by atoms with Gasteiger partial charge in [-0.25, -0.2) is 4.90 Å². The Morgan fingerprint density at radius 3 is 1.89 bits per heavy atom. The Hall–Kier alpha value is -2.99. The monoisotopic (exact) mass is 386 g/mol. The zero-order valence-corrected chi connectivity index (χ0v) is 15.7. The third-order valence-corrected chi connectivity index (χ3v) is 4.22. The lowest BCUT2D eigenvalue weighted by molar-refractivity contribution is -0.120. The number of anilines is 2. The smallest absolute Gasteiger partial charge is 0.283 e. The van der Waals surface area contributed by atoms with Crippen LogP contribution in [0.25, 0.3) is 0 Å². The Morgan fingerprint density at radius 2 is 1.37 bits per heavy atom. The fraction of sp³-hybridized carbons (Fsp3) is 0.200. The Kier molecular flexibility index (Phi) is 5.66. The quantitative estimate of drug-likeness (QED) is 0.730. The summed E-state index contributed by atoms with van der Waals surface area (Å²) in [6, 6.07) is 13.7. The van der Waals surface area contributed by atoms with Crippen LogP contribution in [0.4, 0.5) is 11.4 Å². The minimum Gasteiger partial charge on any atom is -0.494 e. The van der Waals surface area contributed by atoms with E-state index < -0.39 is 11.8 Å². The van der Waals surface area contributed by atoms with Crippen molar-refractivity contribution in [2.24, 2.45) is 0 Å². The molecule has 1 aliphatic rings. The van der Waals surface area contributed by atoms with Crippen molar-refractivity contribution in [2.75, 3.05) is 23.4 Å². The van der Waals surface area contributed by atoms with E-state index in [1.807, 2.05) is 13.8 Å². The number of carbonyl (C=O) groups is 2. The number of carbonyl (C=O) groups excluding carboxylic acids is 2. The Balaban J connectivity index is 1.79. The lowest BCUT2D eigenvalue weighted by atomic mass is 10.2. The molecule has 3 rings (SSSR count). The minimum absolute atomic E-state index is 0.0414. The highest BCUT2D eigenvalue weighted by Crippen LogP contribution is 2.31. The van der Waals surface area contributed by atoms with E-state index in [1.165, 1.54) is 0 Å². The number of amides is 2. The topological polar surface area (TPSA) is 67.9 Å². The first-order valence-electron chi connectivity index (χ1n) is 8.56. The number of hydrogen-bond acceptors (Lipinski definition) is 5. The maximum atomic E-state index is 12.8. The van der Waals surface area contributed by atoms with Crippen molar-refractivity contribution in [2.45, 2.75) is 13.8 Å². The first kappa shape index (κ1) is 18.8. The van der Waals surface area contributed by atoms with Crippen molar-refractivity contribution in [1.29, 1.82) is 0 Å². The number of imide groups is 1. The normalized spacial score (nSPS) is 14.0. The predicted molar refractivity (Wildman–Crippen MR) is 104 cm³/mol. The summed E-state index contributed by atoms with van der Waals surface area (Å²) < 4.78 is 10.8. The maximum Gasteiger partial charge on any atom is 0.283 e. The molecule has 0 spiro atoms. The first-order valence-corrected chi connectivity index (χ1v) is 8.94. The third kappa shape index (κ3) is 3.90. The van der Waals surface area contributed by atoms with Crippen molar-refractivity contribution in [1.82, 2.24) is 0 Å². The van der Waals surface area contributed by atoms with E-state index in [4.69, 9.17) is 21.1 Å². The van der Waals surface area contributed by atoms with Crippen molar-refractivity contribution in [3.05, 3.63) is 59.3 Å². The highest BCUT2D eigenvalue weighted by atomic mass is 35.5. The van der Waals surface area contributed by atoms with Crippen LogP contribution >= 0.6 is 11.6 Å². The van der Waals surface area contributed by atoms with Crippen LogP contribution < -0.4 is 19.7 Å². The van der Waals surface area contributed by atoms with E-state index in [0.717, 1.165) is 4.90 Å². The molecule has 2 aromatic carbocycles. The van der Waals surface area contributed by atoms with Crippen LogP contribution in [0, 0.1) is 0 Å².